The third kappa shape index (κ3) is 3.69. The van der Waals surface area contributed by atoms with Crippen molar-refractivity contribution in [1.82, 2.24) is 19.9 Å². The lowest BCUT2D eigenvalue weighted by Crippen LogP contribution is -2.49. The van der Waals surface area contributed by atoms with Crippen LogP contribution in [0.4, 0.5) is 17.5 Å². The van der Waals surface area contributed by atoms with Crippen molar-refractivity contribution in [3.05, 3.63) is 42.4 Å². The number of aliphatic hydroxyl groups is 3. The molecule has 0 unspecified atom stereocenters. The second kappa shape index (κ2) is 7.56. The maximum atomic E-state index is 9.45. The number of benzene rings is 1. The highest BCUT2D eigenvalue weighted by atomic mass is 16.3. The van der Waals surface area contributed by atoms with E-state index < -0.39 is 25.4 Å². The molecule has 2 aromatic heterocycles. The quantitative estimate of drug-likeness (QED) is 0.412. The Morgan fingerprint density at radius 1 is 1.04 bits per heavy atom. The van der Waals surface area contributed by atoms with Gasteiger partial charge in [0.05, 0.1) is 26.0 Å². The molecule has 0 fully saturated rings. The van der Waals surface area contributed by atoms with E-state index >= 15 is 0 Å². The summed E-state index contributed by atoms with van der Waals surface area (Å²) in [5.74, 6) is 0.630. The lowest BCUT2D eigenvalue weighted by atomic mass is 10.0. The lowest BCUT2D eigenvalue weighted by molar-refractivity contribution is 0.0828. The molecule has 3 rings (SSSR count). The molecule has 136 valence electrons. The molecule has 0 amide bonds. The molecule has 9 heteroatoms. The second-order valence-electron chi connectivity index (χ2n) is 6.02. The molecular weight excluding hydrogens is 336 g/mol. The molecule has 0 aliphatic carbocycles. The average Bonchev–Trinajstić information content (AvgIpc) is 2.67. The fourth-order valence-corrected chi connectivity index (χ4v) is 2.37. The number of nitrogens with zero attached hydrogens (tertiary/aromatic N) is 4. The Morgan fingerprint density at radius 2 is 1.81 bits per heavy atom. The van der Waals surface area contributed by atoms with Crippen molar-refractivity contribution < 1.29 is 15.3 Å². The molecular formula is C17H20N6O3. The number of aliphatic hydroxyl groups excluding tert-OH is 3. The van der Waals surface area contributed by atoms with E-state index in [0.29, 0.717) is 16.9 Å². The Bertz CT molecular complexity index is 892. The van der Waals surface area contributed by atoms with E-state index in [1.165, 1.54) is 12.5 Å². The zero-order valence-corrected chi connectivity index (χ0v) is 14.2. The summed E-state index contributed by atoms with van der Waals surface area (Å²) in [5.41, 5.74) is 1.63. The van der Waals surface area contributed by atoms with Crippen molar-refractivity contribution in [1.29, 1.82) is 0 Å². The molecule has 0 saturated heterocycles. The van der Waals surface area contributed by atoms with E-state index in [9.17, 15) is 15.3 Å². The maximum Gasteiger partial charge on any atom is 0.224 e. The van der Waals surface area contributed by atoms with Crippen LogP contribution in [0.25, 0.3) is 11.0 Å². The fourth-order valence-electron chi connectivity index (χ4n) is 2.37. The van der Waals surface area contributed by atoms with Gasteiger partial charge in [-0.05, 0) is 24.6 Å². The number of aryl methyl sites for hydroxylation is 1. The third-order valence-corrected chi connectivity index (χ3v) is 3.94. The summed E-state index contributed by atoms with van der Waals surface area (Å²) < 4.78 is 0. The van der Waals surface area contributed by atoms with Crippen LogP contribution in [0.5, 0.6) is 0 Å². The first kappa shape index (κ1) is 17.9. The molecule has 0 aliphatic heterocycles. The van der Waals surface area contributed by atoms with Crippen LogP contribution in [-0.4, -0.2) is 60.6 Å². The first-order valence-corrected chi connectivity index (χ1v) is 8.01. The summed E-state index contributed by atoms with van der Waals surface area (Å²) in [6.07, 6.45) is 2.92. The summed E-state index contributed by atoms with van der Waals surface area (Å²) in [5, 5.41) is 34.3. The number of hydrogen-bond donors (Lipinski definition) is 5. The third-order valence-electron chi connectivity index (χ3n) is 3.94. The van der Waals surface area contributed by atoms with E-state index in [1.54, 1.807) is 0 Å². The van der Waals surface area contributed by atoms with Gasteiger partial charge in [-0.1, -0.05) is 12.1 Å². The van der Waals surface area contributed by atoms with Gasteiger partial charge in [-0.25, -0.2) is 19.9 Å². The van der Waals surface area contributed by atoms with Gasteiger partial charge in [0.1, 0.15) is 22.9 Å². The Morgan fingerprint density at radius 3 is 2.50 bits per heavy atom. The van der Waals surface area contributed by atoms with Crippen molar-refractivity contribution >= 4 is 28.5 Å². The van der Waals surface area contributed by atoms with Gasteiger partial charge in [-0.3, -0.25) is 0 Å². The minimum Gasteiger partial charge on any atom is -0.394 e. The molecule has 9 nitrogen and oxygen atoms in total. The van der Waals surface area contributed by atoms with Gasteiger partial charge in [-0.15, -0.1) is 0 Å². The molecule has 0 aliphatic rings. The Balaban J connectivity index is 1.97. The van der Waals surface area contributed by atoms with Crippen LogP contribution in [0.3, 0.4) is 0 Å². The average molecular weight is 356 g/mol. The molecule has 1 aromatic carbocycles. The lowest BCUT2D eigenvalue weighted by Gasteiger charge is -2.28. The molecule has 0 saturated carbocycles. The molecule has 2 heterocycles. The predicted octanol–water partition coefficient (Wildman–Crippen LogP) is 0.599. The number of hydrogen-bond acceptors (Lipinski definition) is 9. The van der Waals surface area contributed by atoms with Gasteiger partial charge in [0.25, 0.3) is 0 Å². The molecule has 5 N–H and O–H groups in total. The number of aromatic nitrogens is 4. The maximum absolute atomic E-state index is 9.45. The molecule has 26 heavy (non-hydrogen) atoms. The van der Waals surface area contributed by atoms with Crippen LogP contribution < -0.4 is 10.6 Å². The van der Waals surface area contributed by atoms with Crippen LogP contribution in [0, 0.1) is 6.92 Å². The van der Waals surface area contributed by atoms with Crippen LogP contribution in [-0.2, 0) is 0 Å². The van der Waals surface area contributed by atoms with Gasteiger partial charge in [0.2, 0.25) is 5.95 Å². The fraction of sp³-hybridized carbons (Fsp3) is 0.294. The van der Waals surface area contributed by atoms with E-state index in [0.717, 1.165) is 11.3 Å². The van der Waals surface area contributed by atoms with E-state index in [2.05, 4.69) is 30.6 Å². The van der Waals surface area contributed by atoms with Gasteiger partial charge >= 0.3 is 0 Å². The van der Waals surface area contributed by atoms with Crippen molar-refractivity contribution in [2.24, 2.45) is 0 Å². The zero-order chi connectivity index (χ0) is 18.6. The van der Waals surface area contributed by atoms with Gasteiger partial charge < -0.3 is 26.0 Å². The highest BCUT2D eigenvalue weighted by Crippen LogP contribution is 2.23. The van der Waals surface area contributed by atoms with Crippen LogP contribution >= 0.6 is 0 Å². The summed E-state index contributed by atoms with van der Waals surface area (Å²) in [4.78, 5) is 16.9. The molecule has 0 bridgehead atoms. The Kier molecular flexibility index (Phi) is 5.21. The SMILES string of the molecule is Cc1cccc(Nc2ncnc3cnc(NC(CO)(CO)CO)nc23)c1. The van der Waals surface area contributed by atoms with Crippen LogP contribution in [0.15, 0.2) is 36.8 Å². The molecule has 0 radical (unpaired) electrons. The Labute approximate surface area is 149 Å². The Hall–Kier alpha value is -2.88. The highest BCUT2D eigenvalue weighted by molar-refractivity contribution is 5.87. The summed E-state index contributed by atoms with van der Waals surface area (Å²) >= 11 is 0. The van der Waals surface area contributed by atoms with Crippen LogP contribution in [0.1, 0.15) is 5.56 Å². The zero-order valence-electron chi connectivity index (χ0n) is 14.2. The summed E-state index contributed by atoms with van der Waals surface area (Å²) in [7, 11) is 0. The van der Waals surface area contributed by atoms with Crippen molar-refractivity contribution in [3.8, 4) is 0 Å². The van der Waals surface area contributed by atoms with Crippen molar-refractivity contribution in [2.45, 2.75) is 12.5 Å². The highest BCUT2D eigenvalue weighted by Gasteiger charge is 2.29. The largest absolute Gasteiger partial charge is 0.394 e. The number of anilines is 3. The standard InChI is InChI=1S/C17H20N6O3/c1-11-3-2-4-12(5-11)21-15-14-13(19-10-20-15)6-18-16(22-14)23-17(7-24,8-25)9-26/h2-6,10,24-26H,7-9H2,1H3,(H,18,22,23)(H,19,20,21). The van der Waals surface area contributed by atoms with E-state index in [-0.39, 0.29) is 5.95 Å². The van der Waals surface area contributed by atoms with Gasteiger partial charge in [0, 0.05) is 5.69 Å². The second-order valence-corrected chi connectivity index (χ2v) is 6.02. The van der Waals surface area contributed by atoms with E-state index in [4.69, 9.17) is 0 Å². The van der Waals surface area contributed by atoms with Gasteiger partial charge in [-0.2, -0.15) is 0 Å². The normalized spacial score (nSPS) is 11.5. The van der Waals surface area contributed by atoms with Gasteiger partial charge in [0.15, 0.2) is 5.82 Å². The monoisotopic (exact) mass is 356 g/mol. The first-order chi connectivity index (χ1) is 12.6. The van der Waals surface area contributed by atoms with Crippen LogP contribution in [0.2, 0.25) is 0 Å². The predicted molar refractivity (Wildman–Crippen MR) is 97.2 cm³/mol. The van der Waals surface area contributed by atoms with Crippen molar-refractivity contribution in [2.75, 3.05) is 30.5 Å². The number of fused-ring (bicyclic) bond motifs is 1. The van der Waals surface area contributed by atoms with Crippen molar-refractivity contribution in [3.63, 3.8) is 0 Å². The minimum atomic E-state index is -1.33. The summed E-state index contributed by atoms with van der Waals surface area (Å²) in [6.45, 7) is 0.537. The number of nitrogens with one attached hydrogen (secondary N) is 2. The molecule has 3 aromatic rings. The molecule has 0 spiro atoms. The minimum absolute atomic E-state index is 0.136. The number of rotatable bonds is 7. The summed E-state index contributed by atoms with van der Waals surface area (Å²) in [6, 6.07) is 7.81. The smallest absolute Gasteiger partial charge is 0.224 e. The van der Waals surface area contributed by atoms with E-state index in [1.807, 2.05) is 31.2 Å². The first-order valence-electron chi connectivity index (χ1n) is 8.01. The topological polar surface area (TPSA) is 136 Å². The molecule has 0 atom stereocenters.